The Bertz CT molecular complexity index is 412. The Morgan fingerprint density at radius 3 is 2.48 bits per heavy atom. The van der Waals surface area contributed by atoms with Gasteiger partial charge in [0, 0.05) is 12.6 Å². The first-order valence-corrected chi connectivity index (χ1v) is 7.59. The number of nitrogens with zero attached hydrogens (tertiary/aromatic N) is 4. The molecule has 1 heterocycles. The molecule has 0 bridgehead atoms. The van der Waals surface area contributed by atoms with Crippen LogP contribution in [0.4, 0.5) is 11.9 Å². The van der Waals surface area contributed by atoms with Crippen molar-refractivity contribution in [1.29, 1.82) is 0 Å². The summed E-state index contributed by atoms with van der Waals surface area (Å²) in [6, 6.07) is 0.647. The van der Waals surface area contributed by atoms with Crippen LogP contribution in [0, 0.1) is 0 Å². The van der Waals surface area contributed by atoms with Gasteiger partial charge < -0.3 is 20.3 Å². The monoisotopic (exact) mass is 296 g/mol. The first kappa shape index (κ1) is 17.4. The predicted molar refractivity (Wildman–Crippen MR) is 86.0 cm³/mol. The summed E-state index contributed by atoms with van der Waals surface area (Å²) in [4.78, 5) is 15.1. The number of aromatic nitrogens is 3. The minimum atomic E-state index is 0.281. The van der Waals surface area contributed by atoms with E-state index in [-0.39, 0.29) is 6.04 Å². The number of hydrogen-bond acceptors (Lipinski definition) is 7. The highest BCUT2D eigenvalue weighted by Crippen LogP contribution is 2.13. The van der Waals surface area contributed by atoms with Crippen LogP contribution in [0.25, 0.3) is 0 Å². The summed E-state index contributed by atoms with van der Waals surface area (Å²) >= 11 is 0. The molecule has 0 spiro atoms. The van der Waals surface area contributed by atoms with E-state index in [1.54, 1.807) is 0 Å². The van der Waals surface area contributed by atoms with Crippen molar-refractivity contribution in [2.24, 2.45) is 0 Å². The highest BCUT2D eigenvalue weighted by Gasteiger charge is 2.10. The van der Waals surface area contributed by atoms with E-state index in [2.05, 4.69) is 58.4 Å². The summed E-state index contributed by atoms with van der Waals surface area (Å²) in [7, 11) is 4.13. The zero-order chi connectivity index (χ0) is 15.7. The van der Waals surface area contributed by atoms with Crippen molar-refractivity contribution in [2.75, 3.05) is 44.4 Å². The van der Waals surface area contributed by atoms with Gasteiger partial charge in [-0.25, -0.2) is 0 Å². The summed E-state index contributed by atoms with van der Waals surface area (Å²) < 4.78 is 5.51. The Labute approximate surface area is 127 Å². The van der Waals surface area contributed by atoms with Gasteiger partial charge in [0.25, 0.3) is 0 Å². The number of ether oxygens (including phenoxy) is 1. The van der Waals surface area contributed by atoms with E-state index < -0.39 is 0 Å². The maximum atomic E-state index is 5.51. The van der Waals surface area contributed by atoms with Gasteiger partial charge in [-0.3, -0.25) is 0 Å². The predicted octanol–water partition coefficient (Wildman–Crippen LogP) is 1.84. The number of anilines is 2. The minimum Gasteiger partial charge on any atom is -0.463 e. The van der Waals surface area contributed by atoms with Crippen molar-refractivity contribution in [1.82, 2.24) is 19.9 Å². The van der Waals surface area contributed by atoms with Gasteiger partial charge in [-0.05, 0) is 47.3 Å². The van der Waals surface area contributed by atoms with Crippen LogP contribution in [0.3, 0.4) is 0 Å². The molecule has 2 N–H and O–H groups in total. The van der Waals surface area contributed by atoms with Crippen LogP contribution >= 0.6 is 0 Å². The van der Waals surface area contributed by atoms with Crippen LogP contribution in [0.5, 0.6) is 6.01 Å². The zero-order valence-electron chi connectivity index (χ0n) is 13.8. The molecule has 0 aliphatic heterocycles. The molecule has 120 valence electrons. The summed E-state index contributed by atoms with van der Waals surface area (Å²) in [6.45, 7) is 8.54. The molecule has 1 atom stereocenters. The van der Waals surface area contributed by atoms with Crippen molar-refractivity contribution in [2.45, 2.75) is 39.7 Å². The van der Waals surface area contributed by atoms with Crippen molar-refractivity contribution >= 4 is 11.9 Å². The molecule has 0 fully saturated rings. The van der Waals surface area contributed by atoms with Crippen molar-refractivity contribution in [3.05, 3.63) is 0 Å². The van der Waals surface area contributed by atoms with Crippen molar-refractivity contribution in [3.63, 3.8) is 0 Å². The quantitative estimate of drug-likeness (QED) is 0.682. The largest absolute Gasteiger partial charge is 0.463 e. The van der Waals surface area contributed by atoms with Crippen LogP contribution < -0.4 is 15.4 Å². The molecule has 0 amide bonds. The number of nitrogens with one attached hydrogen (secondary N) is 2. The molecule has 1 rings (SSSR count). The second-order valence-corrected chi connectivity index (χ2v) is 5.28. The van der Waals surface area contributed by atoms with Gasteiger partial charge in [-0.1, -0.05) is 6.92 Å². The first-order valence-electron chi connectivity index (χ1n) is 7.59. The number of rotatable bonds is 10. The second kappa shape index (κ2) is 9.33. The van der Waals surface area contributed by atoms with E-state index in [1.165, 1.54) is 0 Å². The standard InChI is InChI=1S/C14H28N6O/c1-6-10-21-14-18-12(15-7-2)17-13(19-14)16-11(3)8-9-20(4)5/h11H,6-10H2,1-5H3,(H2,15,16,17,18,19). The van der Waals surface area contributed by atoms with Gasteiger partial charge in [-0.15, -0.1) is 0 Å². The molecule has 0 aliphatic rings. The van der Waals surface area contributed by atoms with Crippen LogP contribution in [-0.2, 0) is 0 Å². The lowest BCUT2D eigenvalue weighted by molar-refractivity contribution is 0.292. The number of hydrogen-bond donors (Lipinski definition) is 2. The smallest absolute Gasteiger partial charge is 0.323 e. The average Bonchev–Trinajstić information content (AvgIpc) is 2.43. The lowest BCUT2D eigenvalue weighted by atomic mass is 10.2. The topological polar surface area (TPSA) is 75.2 Å². The molecule has 21 heavy (non-hydrogen) atoms. The van der Waals surface area contributed by atoms with Crippen LogP contribution in [-0.4, -0.2) is 59.7 Å². The molecule has 0 aromatic carbocycles. The Kier molecular flexibility index (Phi) is 7.74. The van der Waals surface area contributed by atoms with Gasteiger partial charge in [0.1, 0.15) is 0 Å². The Morgan fingerprint density at radius 1 is 1.14 bits per heavy atom. The van der Waals surface area contributed by atoms with Gasteiger partial charge in [-0.2, -0.15) is 15.0 Å². The van der Waals surface area contributed by atoms with E-state index in [1.807, 2.05) is 6.92 Å². The SMILES string of the molecule is CCCOc1nc(NCC)nc(NC(C)CCN(C)C)n1. The van der Waals surface area contributed by atoms with Crippen LogP contribution in [0.15, 0.2) is 0 Å². The Hall–Kier alpha value is -1.63. The molecule has 7 heteroatoms. The third-order valence-electron chi connectivity index (χ3n) is 2.77. The van der Waals surface area contributed by atoms with Crippen LogP contribution in [0.2, 0.25) is 0 Å². The lowest BCUT2D eigenvalue weighted by Gasteiger charge is -2.17. The van der Waals surface area contributed by atoms with Gasteiger partial charge in [0.2, 0.25) is 11.9 Å². The molecule has 1 unspecified atom stereocenters. The Morgan fingerprint density at radius 2 is 1.86 bits per heavy atom. The van der Waals surface area contributed by atoms with Gasteiger partial charge in [0.05, 0.1) is 6.61 Å². The fourth-order valence-electron chi connectivity index (χ4n) is 1.66. The second-order valence-electron chi connectivity index (χ2n) is 5.28. The van der Waals surface area contributed by atoms with Crippen LogP contribution in [0.1, 0.15) is 33.6 Å². The summed E-state index contributed by atoms with van der Waals surface area (Å²) in [5, 5.41) is 6.40. The highest BCUT2D eigenvalue weighted by molar-refractivity contribution is 5.36. The lowest BCUT2D eigenvalue weighted by Crippen LogP contribution is -2.24. The third kappa shape index (κ3) is 7.08. The first-order chi connectivity index (χ1) is 10.0. The highest BCUT2D eigenvalue weighted by atomic mass is 16.5. The third-order valence-corrected chi connectivity index (χ3v) is 2.77. The van der Waals surface area contributed by atoms with E-state index in [0.29, 0.717) is 24.5 Å². The maximum absolute atomic E-state index is 5.51. The maximum Gasteiger partial charge on any atom is 0.323 e. The van der Waals surface area contributed by atoms with Crippen molar-refractivity contribution < 1.29 is 4.74 Å². The minimum absolute atomic E-state index is 0.281. The fraction of sp³-hybridized carbons (Fsp3) is 0.786. The fourth-order valence-corrected chi connectivity index (χ4v) is 1.66. The molecule has 7 nitrogen and oxygen atoms in total. The van der Waals surface area contributed by atoms with E-state index in [0.717, 1.165) is 25.9 Å². The van der Waals surface area contributed by atoms with E-state index in [9.17, 15) is 0 Å². The molecule has 1 aromatic heterocycles. The zero-order valence-corrected chi connectivity index (χ0v) is 13.8. The van der Waals surface area contributed by atoms with Gasteiger partial charge in [0.15, 0.2) is 0 Å². The molecule has 0 saturated heterocycles. The Balaban J connectivity index is 2.71. The average molecular weight is 296 g/mol. The summed E-state index contributed by atoms with van der Waals surface area (Å²) in [5.74, 6) is 1.10. The molecule has 0 radical (unpaired) electrons. The summed E-state index contributed by atoms with van der Waals surface area (Å²) in [5.41, 5.74) is 0. The molecule has 0 saturated carbocycles. The van der Waals surface area contributed by atoms with E-state index >= 15 is 0 Å². The van der Waals surface area contributed by atoms with E-state index in [4.69, 9.17) is 4.74 Å². The molecule has 0 aliphatic carbocycles. The van der Waals surface area contributed by atoms with Gasteiger partial charge >= 0.3 is 6.01 Å². The normalized spacial score (nSPS) is 12.3. The summed E-state index contributed by atoms with van der Waals surface area (Å²) in [6.07, 6.45) is 1.94. The molecular formula is C14H28N6O. The molecule has 1 aromatic rings. The van der Waals surface area contributed by atoms with Crippen molar-refractivity contribution in [3.8, 4) is 6.01 Å². The molecular weight excluding hydrogens is 268 g/mol.